The number of nitrogens with one attached hydrogen (secondary N) is 1. The van der Waals surface area contributed by atoms with Crippen LogP contribution in [0.2, 0.25) is 0 Å². The maximum absolute atomic E-state index is 13.6. The van der Waals surface area contributed by atoms with E-state index in [-0.39, 0.29) is 48.9 Å². The smallest absolute Gasteiger partial charge is 0.481 e. The van der Waals surface area contributed by atoms with Crippen LogP contribution in [0.25, 0.3) is 0 Å². The van der Waals surface area contributed by atoms with E-state index in [0.717, 1.165) is 37.1 Å². The number of aromatic nitrogens is 2. The van der Waals surface area contributed by atoms with Gasteiger partial charge in [-0.1, -0.05) is 12.1 Å². The van der Waals surface area contributed by atoms with Gasteiger partial charge in [0.15, 0.2) is 0 Å². The van der Waals surface area contributed by atoms with Crippen molar-refractivity contribution in [2.75, 3.05) is 18.4 Å². The van der Waals surface area contributed by atoms with Crippen LogP contribution >= 0.6 is 0 Å². The van der Waals surface area contributed by atoms with Gasteiger partial charge in [0.1, 0.15) is 5.60 Å². The fraction of sp³-hybridized carbons (Fsp3) is 0.419. The summed E-state index contributed by atoms with van der Waals surface area (Å²) >= 11 is 0. The minimum Gasteiger partial charge on any atom is -0.481 e. The van der Waals surface area contributed by atoms with Crippen molar-refractivity contribution in [2.45, 2.75) is 71.1 Å². The molecule has 2 heterocycles. The van der Waals surface area contributed by atoms with E-state index < -0.39 is 23.3 Å². The molecule has 0 bridgehead atoms. The molecule has 8 nitrogen and oxygen atoms in total. The van der Waals surface area contributed by atoms with Crippen LogP contribution < -0.4 is 24.2 Å². The van der Waals surface area contributed by atoms with Gasteiger partial charge in [-0.3, -0.25) is 4.79 Å². The fourth-order valence-electron chi connectivity index (χ4n) is 4.45. The normalized spacial score (nSPS) is 15.0. The van der Waals surface area contributed by atoms with E-state index >= 15 is 0 Å². The van der Waals surface area contributed by atoms with Crippen molar-refractivity contribution in [3.05, 3.63) is 83.2 Å². The largest absolute Gasteiger partial charge is 1.00 e. The van der Waals surface area contributed by atoms with E-state index in [2.05, 4.69) is 21.4 Å². The number of carboxylic acids is 1. The molecule has 43 heavy (non-hydrogen) atoms. The van der Waals surface area contributed by atoms with Gasteiger partial charge in [-0.25, -0.2) is 14.8 Å². The summed E-state index contributed by atoms with van der Waals surface area (Å²) < 4.78 is 46.2. The van der Waals surface area contributed by atoms with Crippen LogP contribution in [0.4, 0.5) is 29.6 Å². The van der Waals surface area contributed by atoms with E-state index in [4.69, 9.17) is 14.6 Å². The zero-order valence-corrected chi connectivity index (χ0v) is 25.2. The Labute approximate surface area is 262 Å². The number of nitrogens with zero attached hydrogens (tertiary/aromatic N) is 3. The minimum atomic E-state index is -4.54. The number of aliphatic carboxylic acids is 1. The van der Waals surface area contributed by atoms with Gasteiger partial charge in [0, 0.05) is 37.8 Å². The number of carbonyl (C=O) groups excluding carboxylic acids is 1. The van der Waals surface area contributed by atoms with Crippen LogP contribution in [0.15, 0.2) is 54.7 Å². The van der Waals surface area contributed by atoms with Crippen LogP contribution in [0.5, 0.6) is 0 Å². The summed E-state index contributed by atoms with van der Waals surface area (Å²) in [6.45, 7) is 7.88. The molecule has 0 saturated carbocycles. The second-order valence-electron chi connectivity index (χ2n) is 11.0. The third-order valence-electron chi connectivity index (χ3n) is 6.29. The molecule has 3 aromatic rings. The Morgan fingerprint density at radius 1 is 1.12 bits per heavy atom. The topological polar surface area (TPSA) is 105 Å². The molecule has 1 aliphatic rings. The second-order valence-corrected chi connectivity index (χ2v) is 11.0. The maximum Gasteiger partial charge on any atom is 1.00 e. The van der Waals surface area contributed by atoms with Crippen LogP contribution in [-0.4, -0.2) is 50.7 Å². The first-order valence-corrected chi connectivity index (χ1v) is 13.6. The number of hydrogen-bond acceptors (Lipinski definition) is 6. The molecule has 12 heteroatoms. The zero-order valence-electron chi connectivity index (χ0n) is 25.2. The number of likely N-dealkylation sites (tertiary alicyclic amines) is 1. The summed E-state index contributed by atoms with van der Waals surface area (Å²) in [6.07, 6.45) is -1.67. The number of amides is 1. The quantitative estimate of drug-likeness (QED) is 0.329. The minimum absolute atomic E-state index is 0. The number of ether oxygens (including phenoxy) is 1. The van der Waals surface area contributed by atoms with Crippen LogP contribution in [0, 0.1) is 6.07 Å². The standard InChI is InChI=1S/C29H32F3N4O2.C2H4O2.Li/c1-28(2,3)38-27(37)36-17-7-10-22(19-36)21-12-14-23(15-13-21)34-26-33-18-24(29(30,31)32)25(35-26)16-11-20-8-5-4-6-9-20;1-2(3)4;/h4-6,8,12-15,18,22H,7,10-11,16-17,19H2,1-3H3,(H,33,34,35);1H3,(H,3,4);/q-1;;+1. The van der Waals surface area contributed by atoms with E-state index in [1.165, 1.54) is 0 Å². The van der Waals surface area contributed by atoms with Gasteiger partial charge in [-0.15, -0.1) is 0 Å². The maximum atomic E-state index is 13.6. The summed E-state index contributed by atoms with van der Waals surface area (Å²) in [6, 6.07) is 17.9. The van der Waals surface area contributed by atoms with Gasteiger partial charge in [0.25, 0.3) is 5.97 Å². The fourth-order valence-corrected chi connectivity index (χ4v) is 4.45. The molecule has 0 aliphatic carbocycles. The number of aryl methyl sites for hydroxylation is 2. The van der Waals surface area contributed by atoms with Gasteiger partial charge >= 0.3 is 31.1 Å². The van der Waals surface area contributed by atoms with Crippen molar-refractivity contribution in [2.24, 2.45) is 0 Å². The van der Waals surface area contributed by atoms with E-state index in [1.807, 2.05) is 63.2 Å². The van der Waals surface area contributed by atoms with Crippen LogP contribution in [-0.2, 0) is 28.5 Å². The summed E-state index contributed by atoms with van der Waals surface area (Å²) in [5, 5.41) is 10.4. The number of benzene rings is 2. The predicted octanol–water partition coefficient (Wildman–Crippen LogP) is 4.03. The predicted molar refractivity (Wildman–Crippen MR) is 153 cm³/mol. The second kappa shape index (κ2) is 15.8. The number of carboxylic acid groups (broad SMARTS) is 1. The molecule has 2 aromatic carbocycles. The molecule has 1 aromatic heterocycles. The monoisotopic (exact) mass is 592 g/mol. The first-order chi connectivity index (χ1) is 19.7. The number of piperidine rings is 1. The molecule has 1 aliphatic heterocycles. The Morgan fingerprint density at radius 3 is 2.37 bits per heavy atom. The van der Waals surface area contributed by atoms with E-state index in [1.54, 1.807) is 11.0 Å². The molecule has 4 rings (SSSR count). The number of alkyl halides is 3. The molecule has 1 saturated heterocycles. The zero-order chi connectivity index (χ0) is 30.9. The summed E-state index contributed by atoms with van der Waals surface area (Å²) in [5.74, 6) is -0.555. The molecule has 226 valence electrons. The average Bonchev–Trinajstić information content (AvgIpc) is 2.91. The third-order valence-corrected chi connectivity index (χ3v) is 6.29. The Kier molecular flexibility index (Phi) is 13.1. The molecule has 2 N–H and O–H groups in total. The Morgan fingerprint density at radius 2 is 1.79 bits per heavy atom. The number of halogens is 3. The first kappa shape index (κ1) is 35.6. The van der Waals surface area contributed by atoms with E-state index in [0.29, 0.717) is 25.2 Å². The number of carbonyl (C=O) groups is 2. The molecular formula is C31H36F3LiN4O4. The summed E-state index contributed by atoms with van der Waals surface area (Å²) in [5.41, 5.74) is 1.12. The van der Waals surface area contributed by atoms with Crippen LogP contribution in [0.3, 0.4) is 0 Å². The average molecular weight is 593 g/mol. The van der Waals surface area contributed by atoms with Crippen LogP contribution in [0.1, 0.15) is 68.8 Å². The van der Waals surface area contributed by atoms with E-state index in [9.17, 15) is 18.0 Å². The molecule has 0 spiro atoms. The molecule has 0 radical (unpaired) electrons. The molecule has 1 fully saturated rings. The molecule has 1 unspecified atom stereocenters. The van der Waals surface area contributed by atoms with Gasteiger partial charge in [-0.2, -0.15) is 49.1 Å². The van der Waals surface area contributed by atoms with Gasteiger partial charge < -0.3 is 20.1 Å². The third kappa shape index (κ3) is 11.9. The number of anilines is 2. The van der Waals surface area contributed by atoms with Crippen molar-refractivity contribution < 1.29 is 51.5 Å². The first-order valence-electron chi connectivity index (χ1n) is 13.6. The summed E-state index contributed by atoms with van der Waals surface area (Å²) in [4.78, 5) is 31.4. The van der Waals surface area contributed by atoms with Crippen molar-refractivity contribution in [3.8, 4) is 0 Å². The number of rotatable bonds is 6. The van der Waals surface area contributed by atoms with Crippen molar-refractivity contribution in [1.82, 2.24) is 14.9 Å². The van der Waals surface area contributed by atoms with Gasteiger partial charge in [-0.05, 0) is 64.2 Å². The SMILES string of the molecule is CC(=O)O.CC(C)(C)OC(=O)N1CCCC(c2ccc(Nc3ncc(C(F)(F)F)c(CCc4[c-]cccc4)n3)cc2)C1.[Li+]. The molecular weight excluding hydrogens is 556 g/mol. The Bertz CT molecular complexity index is 1330. The van der Waals surface area contributed by atoms with Crippen molar-refractivity contribution >= 4 is 23.7 Å². The van der Waals surface area contributed by atoms with Crippen molar-refractivity contribution in [3.63, 3.8) is 0 Å². The Balaban J connectivity index is 0.00000121. The van der Waals surface area contributed by atoms with Gasteiger partial charge in [0.2, 0.25) is 5.95 Å². The van der Waals surface area contributed by atoms with Crippen molar-refractivity contribution in [1.29, 1.82) is 0 Å². The summed E-state index contributed by atoms with van der Waals surface area (Å²) in [7, 11) is 0. The van der Waals surface area contributed by atoms with Gasteiger partial charge in [0.05, 0.1) is 11.3 Å². The number of hydrogen-bond donors (Lipinski definition) is 2. The molecule has 1 atom stereocenters. The Hall–Kier alpha value is -3.55. The molecule has 1 amide bonds.